The van der Waals surface area contributed by atoms with Gasteiger partial charge in [0, 0.05) is 24.3 Å². The van der Waals surface area contributed by atoms with E-state index in [0.29, 0.717) is 23.4 Å². The molecule has 182 valence electrons. The summed E-state index contributed by atoms with van der Waals surface area (Å²) in [7, 11) is 1.24. The van der Waals surface area contributed by atoms with Crippen LogP contribution in [0.3, 0.4) is 0 Å². The summed E-state index contributed by atoms with van der Waals surface area (Å²) < 4.78 is 18.9. The zero-order chi connectivity index (χ0) is 25.2. The molecule has 2 aromatic rings. The van der Waals surface area contributed by atoms with Gasteiger partial charge in [0.05, 0.1) is 18.7 Å². The summed E-state index contributed by atoms with van der Waals surface area (Å²) in [5.41, 5.74) is 1.43. The van der Waals surface area contributed by atoms with Gasteiger partial charge in [-0.1, -0.05) is 26.0 Å². The number of nitrogens with one attached hydrogen (secondary N) is 1. The molecule has 1 amide bonds. The summed E-state index contributed by atoms with van der Waals surface area (Å²) in [5, 5.41) is 11.3. The number of Topliss-reactive ketones (excluding diaryl/α,β-unsaturated/α-hetero) is 1. The first-order chi connectivity index (χ1) is 16.2. The van der Waals surface area contributed by atoms with Crippen molar-refractivity contribution in [2.75, 3.05) is 33.3 Å². The molecule has 1 saturated heterocycles. The fourth-order valence-corrected chi connectivity index (χ4v) is 4.47. The number of esters is 1. The number of ether oxygens (including phenoxy) is 1. The van der Waals surface area contributed by atoms with Crippen molar-refractivity contribution in [3.05, 3.63) is 63.7 Å². The number of methoxy groups -OCH3 is 1. The molecule has 0 radical (unpaired) electrons. The Balaban J connectivity index is 2.19. The Bertz CT molecular complexity index is 1150. The predicted molar refractivity (Wildman–Crippen MR) is 125 cm³/mol. The smallest absolute Gasteiger partial charge is 0.354 e. The van der Waals surface area contributed by atoms with Crippen LogP contribution in [0.1, 0.15) is 52.8 Å². The van der Waals surface area contributed by atoms with Crippen LogP contribution in [0.2, 0.25) is 0 Å². The number of aliphatic hydroxyl groups is 1. The standard InChI is InChI=1S/C25H30FN3O5/c1-6-28(7-2)11-12-29-21(16-9-8-10-17(26)13-16)19(23(31)24(29)32)22(30)18-14(3)20(25(33)34-5)27-15(18)4/h8-10,13,21,27,30H,6-7,11-12H2,1-5H3/t21-/m1/s1. The number of aliphatic hydroxyl groups excluding tert-OH is 1. The topological polar surface area (TPSA) is 103 Å². The average Bonchev–Trinajstić information content (AvgIpc) is 3.26. The number of carbonyl (C=O) groups is 3. The number of aryl methyl sites for hydroxylation is 1. The van der Waals surface area contributed by atoms with E-state index in [4.69, 9.17) is 4.74 Å². The van der Waals surface area contributed by atoms with Gasteiger partial charge in [-0.05, 0) is 50.2 Å². The summed E-state index contributed by atoms with van der Waals surface area (Å²) in [6.45, 7) is 9.52. The second-order valence-electron chi connectivity index (χ2n) is 8.19. The molecule has 9 heteroatoms. The molecule has 2 heterocycles. The van der Waals surface area contributed by atoms with Gasteiger partial charge in [-0.25, -0.2) is 9.18 Å². The van der Waals surface area contributed by atoms with Gasteiger partial charge >= 0.3 is 5.97 Å². The summed E-state index contributed by atoms with van der Waals surface area (Å²) in [6.07, 6.45) is 0. The van der Waals surface area contributed by atoms with E-state index < -0.39 is 35.3 Å². The molecule has 1 aromatic heterocycles. The number of carbonyl (C=O) groups excluding carboxylic acids is 3. The molecule has 2 N–H and O–H groups in total. The van der Waals surface area contributed by atoms with Crippen LogP contribution >= 0.6 is 0 Å². The van der Waals surface area contributed by atoms with Gasteiger partial charge < -0.3 is 24.6 Å². The number of likely N-dealkylation sites (tertiary alicyclic amines) is 1. The third-order valence-corrected chi connectivity index (χ3v) is 6.32. The molecule has 0 unspecified atom stereocenters. The van der Waals surface area contributed by atoms with Gasteiger partial charge in [-0.15, -0.1) is 0 Å². The molecule has 0 bridgehead atoms. The van der Waals surface area contributed by atoms with Crippen molar-refractivity contribution in [2.45, 2.75) is 33.7 Å². The number of aromatic amines is 1. The molecule has 8 nitrogen and oxygen atoms in total. The van der Waals surface area contributed by atoms with Crippen LogP contribution in [0.25, 0.3) is 5.76 Å². The minimum atomic E-state index is -0.971. The number of rotatable bonds is 8. The molecule has 0 aliphatic carbocycles. The quantitative estimate of drug-likeness (QED) is 0.265. The largest absolute Gasteiger partial charge is 0.507 e. The molecule has 34 heavy (non-hydrogen) atoms. The van der Waals surface area contributed by atoms with E-state index in [9.17, 15) is 23.9 Å². The maximum absolute atomic E-state index is 14.1. The number of hydrogen-bond donors (Lipinski definition) is 2. The van der Waals surface area contributed by atoms with E-state index in [-0.39, 0.29) is 23.4 Å². The van der Waals surface area contributed by atoms with E-state index in [2.05, 4.69) is 9.88 Å². The van der Waals surface area contributed by atoms with Crippen LogP contribution in [0.5, 0.6) is 0 Å². The highest BCUT2D eigenvalue weighted by Crippen LogP contribution is 2.40. The normalized spacial score (nSPS) is 17.6. The van der Waals surface area contributed by atoms with Gasteiger partial charge in [0.2, 0.25) is 0 Å². The third kappa shape index (κ3) is 4.48. The lowest BCUT2D eigenvalue weighted by atomic mass is 9.94. The van der Waals surface area contributed by atoms with Gasteiger partial charge in [-0.3, -0.25) is 9.59 Å². The lowest BCUT2D eigenvalue weighted by Crippen LogP contribution is -2.38. The highest BCUT2D eigenvalue weighted by Gasteiger charge is 2.46. The lowest BCUT2D eigenvalue weighted by molar-refractivity contribution is -0.140. The van der Waals surface area contributed by atoms with E-state index in [1.165, 1.54) is 30.2 Å². The van der Waals surface area contributed by atoms with E-state index in [1.54, 1.807) is 19.9 Å². The fourth-order valence-electron chi connectivity index (χ4n) is 4.47. The Morgan fingerprint density at radius 3 is 2.50 bits per heavy atom. The number of amides is 1. The molecule has 1 fully saturated rings. The molecule has 1 atom stereocenters. The molecule has 1 aliphatic rings. The number of halogens is 1. The highest BCUT2D eigenvalue weighted by atomic mass is 19.1. The number of hydrogen-bond acceptors (Lipinski definition) is 6. The van der Waals surface area contributed by atoms with E-state index >= 15 is 0 Å². The van der Waals surface area contributed by atoms with Crippen LogP contribution in [-0.2, 0) is 14.3 Å². The Hall–Kier alpha value is -3.46. The summed E-state index contributed by atoms with van der Waals surface area (Å²) in [5.74, 6) is -3.18. The SMILES string of the molecule is CCN(CC)CCN1C(=O)C(=O)C(=C(O)c2c(C)[nH]c(C(=O)OC)c2C)[C@H]1c1cccc(F)c1. The van der Waals surface area contributed by atoms with Crippen molar-refractivity contribution in [3.63, 3.8) is 0 Å². The molecule has 1 aromatic carbocycles. The Labute approximate surface area is 198 Å². The average molecular weight is 472 g/mol. The van der Waals surface area contributed by atoms with Crippen molar-refractivity contribution in [1.82, 2.24) is 14.8 Å². The summed E-state index contributed by atoms with van der Waals surface area (Å²) in [6, 6.07) is 4.67. The zero-order valence-corrected chi connectivity index (χ0v) is 20.1. The molecule has 0 spiro atoms. The minimum Gasteiger partial charge on any atom is -0.507 e. The summed E-state index contributed by atoms with van der Waals surface area (Å²) in [4.78, 5) is 44.7. The lowest BCUT2D eigenvalue weighted by Gasteiger charge is -2.28. The Kier molecular flexibility index (Phi) is 7.56. The number of benzene rings is 1. The van der Waals surface area contributed by atoms with Crippen molar-refractivity contribution < 1.29 is 28.6 Å². The molecular formula is C25H30FN3O5. The van der Waals surface area contributed by atoms with Crippen LogP contribution in [0.15, 0.2) is 29.8 Å². The number of H-pyrrole nitrogens is 1. The fraction of sp³-hybridized carbons (Fsp3) is 0.400. The van der Waals surface area contributed by atoms with Crippen molar-refractivity contribution in [1.29, 1.82) is 0 Å². The Morgan fingerprint density at radius 2 is 1.91 bits per heavy atom. The predicted octanol–water partition coefficient (Wildman–Crippen LogP) is 3.32. The number of ketones is 1. The van der Waals surface area contributed by atoms with Crippen molar-refractivity contribution in [2.24, 2.45) is 0 Å². The second kappa shape index (κ2) is 10.2. The molecular weight excluding hydrogens is 441 g/mol. The van der Waals surface area contributed by atoms with Gasteiger partial charge in [0.25, 0.3) is 11.7 Å². The maximum atomic E-state index is 14.1. The summed E-state index contributed by atoms with van der Waals surface area (Å²) >= 11 is 0. The van der Waals surface area contributed by atoms with Gasteiger partial charge in [-0.2, -0.15) is 0 Å². The van der Waals surface area contributed by atoms with Crippen LogP contribution in [-0.4, -0.2) is 70.8 Å². The number of nitrogens with zero attached hydrogens (tertiary/aromatic N) is 2. The van der Waals surface area contributed by atoms with Crippen LogP contribution < -0.4 is 0 Å². The van der Waals surface area contributed by atoms with Gasteiger partial charge in [0.15, 0.2) is 0 Å². The maximum Gasteiger partial charge on any atom is 0.354 e. The first-order valence-corrected chi connectivity index (χ1v) is 11.2. The first-order valence-electron chi connectivity index (χ1n) is 11.2. The second-order valence-corrected chi connectivity index (χ2v) is 8.19. The van der Waals surface area contributed by atoms with Crippen LogP contribution in [0.4, 0.5) is 4.39 Å². The highest BCUT2D eigenvalue weighted by molar-refractivity contribution is 6.46. The number of aromatic nitrogens is 1. The molecule has 3 rings (SSSR count). The van der Waals surface area contributed by atoms with Gasteiger partial charge in [0.1, 0.15) is 17.3 Å². The minimum absolute atomic E-state index is 0.139. The molecule has 0 saturated carbocycles. The van der Waals surface area contributed by atoms with Crippen LogP contribution in [0, 0.1) is 19.7 Å². The van der Waals surface area contributed by atoms with E-state index in [0.717, 1.165) is 13.1 Å². The third-order valence-electron chi connectivity index (χ3n) is 6.32. The van der Waals surface area contributed by atoms with Crippen molar-refractivity contribution >= 4 is 23.4 Å². The van der Waals surface area contributed by atoms with Crippen molar-refractivity contribution in [3.8, 4) is 0 Å². The van der Waals surface area contributed by atoms with E-state index in [1.807, 2.05) is 13.8 Å². The zero-order valence-electron chi connectivity index (χ0n) is 20.1. The Morgan fingerprint density at radius 1 is 1.24 bits per heavy atom. The first kappa shape index (κ1) is 25.2. The number of likely N-dealkylation sites (N-methyl/N-ethyl adjacent to an activating group) is 1. The molecule has 1 aliphatic heterocycles. The monoisotopic (exact) mass is 471 g/mol.